The van der Waals surface area contributed by atoms with Crippen molar-refractivity contribution in [2.75, 3.05) is 32.2 Å². The van der Waals surface area contributed by atoms with Gasteiger partial charge in [-0.25, -0.2) is 4.90 Å². The van der Waals surface area contributed by atoms with Crippen LogP contribution >= 0.6 is 0 Å². The number of nitrogens with zero attached hydrogens (tertiary/aromatic N) is 2. The molecule has 6 heteroatoms. The highest BCUT2D eigenvalue weighted by molar-refractivity contribution is 6.45. The number of hydrogen-bond donors (Lipinski definition) is 0. The van der Waals surface area contributed by atoms with E-state index in [0.29, 0.717) is 40.3 Å². The molecule has 4 rings (SSSR count). The third-order valence-corrected chi connectivity index (χ3v) is 5.93. The molecule has 0 bridgehead atoms. The Balaban J connectivity index is 1.86. The lowest BCUT2D eigenvalue weighted by molar-refractivity contribution is -0.120. The van der Waals surface area contributed by atoms with E-state index in [1.165, 1.54) is 12.0 Å². The van der Waals surface area contributed by atoms with E-state index >= 15 is 0 Å². The summed E-state index contributed by atoms with van der Waals surface area (Å²) in [5.41, 5.74) is 2.04. The highest BCUT2D eigenvalue weighted by Crippen LogP contribution is 2.41. The monoisotopic (exact) mass is 420 g/mol. The summed E-state index contributed by atoms with van der Waals surface area (Å²) in [5.74, 6) is 1.20. The second-order valence-corrected chi connectivity index (χ2v) is 8.42. The Labute approximate surface area is 183 Å². The third-order valence-electron chi connectivity index (χ3n) is 5.93. The summed E-state index contributed by atoms with van der Waals surface area (Å²) in [4.78, 5) is 30.8. The number of likely N-dealkylation sites (tertiary alicyclic amines) is 1. The van der Waals surface area contributed by atoms with Gasteiger partial charge in [-0.3, -0.25) is 9.59 Å². The van der Waals surface area contributed by atoms with Crippen molar-refractivity contribution in [3.8, 4) is 11.5 Å². The molecule has 0 aromatic heterocycles. The Morgan fingerprint density at radius 2 is 1.55 bits per heavy atom. The van der Waals surface area contributed by atoms with Gasteiger partial charge in [0.2, 0.25) is 0 Å². The van der Waals surface area contributed by atoms with Crippen LogP contribution in [0.25, 0.3) is 5.57 Å². The molecule has 1 fully saturated rings. The van der Waals surface area contributed by atoms with Crippen molar-refractivity contribution in [3.63, 3.8) is 0 Å². The van der Waals surface area contributed by atoms with Crippen molar-refractivity contribution in [1.82, 2.24) is 4.90 Å². The summed E-state index contributed by atoms with van der Waals surface area (Å²) in [7, 11) is 3.07. The minimum Gasteiger partial charge on any atom is -0.497 e. The first kappa shape index (κ1) is 21.0. The molecule has 2 aromatic rings. The zero-order valence-electron chi connectivity index (χ0n) is 18.4. The van der Waals surface area contributed by atoms with Crippen molar-refractivity contribution in [2.24, 2.45) is 11.8 Å². The fourth-order valence-electron chi connectivity index (χ4n) is 4.71. The fourth-order valence-corrected chi connectivity index (χ4v) is 4.71. The van der Waals surface area contributed by atoms with Crippen molar-refractivity contribution in [3.05, 3.63) is 59.8 Å². The first-order chi connectivity index (χ1) is 14.9. The number of imide groups is 1. The van der Waals surface area contributed by atoms with Crippen LogP contribution in [0.2, 0.25) is 0 Å². The molecule has 1 saturated heterocycles. The van der Waals surface area contributed by atoms with Gasteiger partial charge in [-0.1, -0.05) is 44.2 Å². The second kappa shape index (κ2) is 8.46. The van der Waals surface area contributed by atoms with Crippen molar-refractivity contribution >= 4 is 23.1 Å². The van der Waals surface area contributed by atoms with Gasteiger partial charge in [0.25, 0.3) is 11.8 Å². The van der Waals surface area contributed by atoms with Gasteiger partial charge in [0, 0.05) is 19.2 Å². The molecule has 2 aliphatic heterocycles. The molecular formula is C25H28N2O4. The zero-order valence-corrected chi connectivity index (χ0v) is 18.4. The highest BCUT2D eigenvalue weighted by Gasteiger charge is 2.44. The van der Waals surface area contributed by atoms with Gasteiger partial charge < -0.3 is 14.4 Å². The fraction of sp³-hybridized carbons (Fsp3) is 0.360. The molecule has 2 aromatic carbocycles. The molecular weight excluding hydrogens is 392 g/mol. The molecule has 31 heavy (non-hydrogen) atoms. The molecule has 6 nitrogen and oxygen atoms in total. The van der Waals surface area contributed by atoms with E-state index in [-0.39, 0.29) is 11.8 Å². The Hall–Kier alpha value is -3.28. The van der Waals surface area contributed by atoms with E-state index in [1.807, 2.05) is 30.3 Å². The second-order valence-electron chi connectivity index (χ2n) is 8.42. The summed E-state index contributed by atoms with van der Waals surface area (Å²) in [6.07, 6.45) is 1.11. The largest absolute Gasteiger partial charge is 0.497 e. The maximum Gasteiger partial charge on any atom is 0.282 e. The number of methoxy groups -OCH3 is 2. The van der Waals surface area contributed by atoms with Crippen molar-refractivity contribution in [2.45, 2.75) is 20.3 Å². The van der Waals surface area contributed by atoms with Gasteiger partial charge >= 0.3 is 0 Å². The van der Waals surface area contributed by atoms with Gasteiger partial charge in [0.15, 0.2) is 0 Å². The van der Waals surface area contributed by atoms with Crippen molar-refractivity contribution < 1.29 is 19.1 Å². The number of carbonyl (C=O) groups excluding carboxylic acids is 2. The molecule has 0 radical (unpaired) electrons. The average Bonchev–Trinajstić information content (AvgIpc) is 3.03. The topological polar surface area (TPSA) is 59.1 Å². The van der Waals surface area contributed by atoms with Gasteiger partial charge in [-0.05, 0) is 36.0 Å². The summed E-state index contributed by atoms with van der Waals surface area (Å²) < 4.78 is 10.8. The number of anilines is 1. The summed E-state index contributed by atoms with van der Waals surface area (Å²) in [6, 6.07) is 14.5. The van der Waals surface area contributed by atoms with Gasteiger partial charge in [-0.2, -0.15) is 0 Å². The minimum absolute atomic E-state index is 0.322. The maximum absolute atomic E-state index is 13.8. The lowest BCUT2D eigenvalue weighted by Crippen LogP contribution is -2.42. The maximum atomic E-state index is 13.8. The zero-order chi connectivity index (χ0) is 22.1. The molecule has 0 aliphatic carbocycles. The van der Waals surface area contributed by atoms with E-state index in [0.717, 1.165) is 25.1 Å². The first-order valence-electron chi connectivity index (χ1n) is 10.6. The van der Waals surface area contributed by atoms with Gasteiger partial charge in [0.1, 0.15) is 17.2 Å². The van der Waals surface area contributed by atoms with Gasteiger partial charge in [0.05, 0.1) is 25.5 Å². The summed E-state index contributed by atoms with van der Waals surface area (Å²) >= 11 is 0. The Bertz CT molecular complexity index is 1020. The molecule has 2 unspecified atom stereocenters. The minimum atomic E-state index is -0.344. The van der Waals surface area contributed by atoms with Crippen LogP contribution in [0.5, 0.6) is 11.5 Å². The molecule has 0 spiro atoms. The number of rotatable bonds is 5. The van der Waals surface area contributed by atoms with Crippen LogP contribution in [-0.4, -0.2) is 44.0 Å². The number of amides is 2. The smallest absolute Gasteiger partial charge is 0.282 e. The third kappa shape index (κ3) is 3.78. The van der Waals surface area contributed by atoms with E-state index < -0.39 is 0 Å². The average molecular weight is 421 g/mol. The van der Waals surface area contributed by atoms with Crippen LogP contribution in [0.4, 0.5) is 5.69 Å². The van der Waals surface area contributed by atoms with Crippen molar-refractivity contribution in [1.29, 1.82) is 0 Å². The Morgan fingerprint density at radius 3 is 2.16 bits per heavy atom. The highest BCUT2D eigenvalue weighted by atomic mass is 16.5. The SMILES string of the molecule is COc1ccc(OC)c(N2C(=O)C(c3ccccc3)=C(N3CC(C)CC(C)C3)C2=O)c1. The molecule has 162 valence electrons. The number of hydrogen-bond acceptors (Lipinski definition) is 5. The van der Waals surface area contributed by atoms with Crippen LogP contribution in [0.3, 0.4) is 0 Å². The van der Waals surface area contributed by atoms with E-state index in [1.54, 1.807) is 25.3 Å². The number of ether oxygens (including phenoxy) is 2. The van der Waals surface area contributed by atoms with Crippen LogP contribution < -0.4 is 14.4 Å². The lowest BCUT2D eigenvalue weighted by atomic mass is 9.91. The quantitative estimate of drug-likeness (QED) is 0.685. The van der Waals surface area contributed by atoms with E-state index in [4.69, 9.17) is 9.47 Å². The predicted octanol–water partition coefficient (Wildman–Crippen LogP) is 3.97. The van der Waals surface area contributed by atoms with Crippen LogP contribution in [0.15, 0.2) is 54.2 Å². The Kier molecular flexibility index (Phi) is 5.72. The van der Waals surface area contributed by atoms with Crippen LogP contribution in [0.1, 0.15) is 25.8 Å². The standard InChI is InChI=1S/C25H28N2O4/c1-16-12-17(2)15-26(14-16)23-22(18-8-6-5-7-9-18)24(28)27(25(23)29)20-13-19(30-3)10-11-21(20)31-4/h5-11,13,16-17H,12,14-15H2,1-4H3. The normalized spacial score (nSPS) is 21.7. The van der Waals surface area contributed by atoms with E-state index in [9.17, 15) is 9.59 Å². The molecule has 2 heterocycles. The molecule has 2 atom stereocenters. The summed E-state index contributed by atoms with van der Waals surface area (Å²) in [5, 5.41) is 0. The number of benzene rings is 2. The van der Waals surface area contributed by atoms with E-state index in [2.05, 4.69) is 18.7 Å². The molecule has 0 N–H and O–H groups in total. The number of carbonyl (C=O) groups is 2. The Morgan fingerprint density at radius 1 is 0.871 bits per heavy atom. The molecule has 2 amide bonds. The summed E-state index contributed by atoms with van der Waals surface area (Å²) in [6.45, 7) is 5.88. The van der Waals surface area contributed by atoms with Gasteiger partial charge in [-0.15, -0.1) is 0 Å². The van der Waals surface area contributed by atoms with Crippen LogP contribution in [0, 0.1) is 11.8 Å². The lowest BCUT2D eigenvalue weighted by Gasteiger charge is -2.37. The predicted molar refractivity (Wildman–Crippen MR) is 120 cm³/mol. The molecule has 2 aliphatic rings. The molecule has 0 saturated carbocycles. The number of piperidine rings is 1. The first-order valence-corrected chi connectivity index (χ1v) is 10.6. The van der Waals surface area contributed by atoms with Crippen LogP contribution in [-0.2, 0) is 9.59 Å².